The molecular formula is C13H19BN2O4. The van der Waals surface area contributed by atoms with Crippen LogP contribution in [0.5, 0.6) is 0 Å². The van der Waals surface area contributed by atoms with Crippen LogP contribution in [0.2, 0.25) is 6.82 Å². The Morgan fingerprint density at radius 2 is 1.85 bits per heavy atom. The minimum atomic E-state index is -1.04. The second-order valence-electron chi connectivity index (χ2n) is 4.89. The van der Waals surface area contributed by atoms with Gasteiger partial charge in [0.2, 0.25) is 5.91 Å². The van der Waals surface area contributed by atoms with E-state index in [0.29, 0.717) is 5.56 Å². The Bertz CT molecular complexity index is 508. The molecule has 1 atom stereocenters. The maximum Gasteiger partial charge on any atom is 0.374 e. The third-order valence-corrected chi connectivity index (χ3v) is 3.13. The minimum absolute atomic E-state index is 0.219. The number of benzene rings is 1. The summed E-state index contributed by atoms with van der Waals surface area (Å²) in [6, 6.07) is 2.39. The first-order chi connectivity index (χ1) is 9.22. The van der Waals surface area contributed by atoms with Crippen molar-refractivity contribution in [2.75, 3.05) is 0 Å². The molecule has 0 aliphatic rings. The second-order valence-corrected chi connectivity index (χ2v) is 4.89. The molecular weight excluding hydrogens is 259 g/mol. The zero-order valence-corrected chi connectivity index (χ0v) is 11.8. The highest BCUT2D eigenvalue weighted by Crippen LogP contribution is 2.18. The number of nitrogens with one attached hydrogen (secondary N) is 1. The molecule has 0 saturated heterocycles. The number of hydrogen-bond acceptors (Lipinski definition) is 4. The zero-order chi connectivity index (χ0) is 15.4. The van der Waals surface area contributed by atoms with E-state index in [1.54, 1.807) is 26.0 Å². The maximum absolute atomic E-state index is 11.2. The average molecular weight is 278 g/mol. The van der Waals surface area contributed by atoms with Gasteiger partial charge in [-0.1, -0.05) is 0 Å². The highest BCUT2D eigenvalue weighted by Gasteiger charge is 2.22. The third kappa shape index (κ3) is 4.08. The predicted molar refractivity (Wildman–Crippen MR) is 76.5 cm³/mol. The predicted octanol–water partition coefficient (Wildman–Crippen LogP) is 0.0979. The quantitative estimate of drug-likeness (QED) is 0.551. The van der Waals surface area contributed by atoms with Crippen LogP contribution in [0.1, 0.15) is 27.0 Å². The number of hydrogen-bond donors (Lipinski definition) is 4. The van der Waals surface area contributed by atoms with Crippen LogP contribution in [0.3, 0.4) is 0 Å². The van der Waals surface area contributed by atoms with Gasteiger partial charge in [-0.15, -0.1) is 0 Å². The summed E-state index contributed by atoms with van der Waals surface area (Å²) >= 11 is 0. The Kier molecular flexibility index (Phi) is 5.30. The van der Waals surface area contributed by atoms with Crippen molar-refractivity contribution in [1.29, 1.82) is 0 Å². The number of amides is 1. The lowest BCUT2D eigenvalue weighted by Crippen LogP contribution is -2.46. The van der Waals surface area contributed by atoms with Crippen LogP contribution in [-0.4, -0.2) is 35.1 Å². The molecule has 0 aliphatic heterocycles. The van der Waals surface area contributed by atoms with E-state index in [2.05, 4.69) is 5.23 Å². The second kappa shape index (κ2) is 6.54. The van der Waals surface area contributed by atoms with E-state index in [1.165, 1.54) is 6.82 Å². The van der Waals surface area contributed by atoms with Crippen molar-refractivity contribution < 1.29 is 19.7 Å². The lowest BCUT2D eigenvalue weighted by molar-refractivity contribution is -0.139. The van der Waals surface area contributed by atoms with Crippen molar-refractivity contribution in [3.63, 3.8) is 0 Å². The minimum Gasteiger partial charge on any atom is -0.480 e. The number of aryl methyl sites for hydroxylation is 2. The molecule has 0 heterocycles. The van der Waals surface area contributed by atoms with Gasteiger partial charge in [0.05, 0.1) is 0 Å². The van der Waals surface area contributed by atoms with Crippen LogP contribution in [0.25, 0.3) is 0 Å². The molecule has 5 N–H and O–H groups in total. The van der Waals surface area contributed by atoms with Gasteiger partial charge in [0.1, 0.15) is 6.04 Å². The van der Waals surface area contributed by atoms with E-state index >= 15 is 0 Å². The smallest absolute Gasteiger partial charge is 0.374 e. The average Bonchev–Trinajstić information content (AvgIpc) is 2.30. The van der Waals surface area contributed by atoms with Crippen molar-refractivity contribution in [2.45, 2.75) is 33.1 Å². The molecule has 0 aliphatic carbocycles. The normalized spacial score (nSPS) is 12.0. The van der Waals surface area contributed by atoms with Crippen molar-refractivity contribution >= 4 is 18.9 Å². The number of carboxylic acid groups (broad SMARTS) is 1. The molecule has 7 heteroatoms. The van der Waals surface area contributed by atoms with Crippen LogP contribution in [0.15, 0.2) is 12.1 Å². The first kappa shape index (κ1) is 16.2. The lowest BCUT2D eigenvalue weighted by atomic mass is 9.85. The number of primary amides is 1. The number of nitrogens with two attached hydrogens (primary N) is 1. The molecule has 0 fully saturated rings. The highest BCUT2D eigenvalue weighted by atomic mass is 16.4. The molecule has 0 radical (unpaired) electrons. The van der Waals surface area contributed by atoms with E-state index in [4.69, 9.17) is 10.8 Å². The van der Waals surface area contributed by atoms with Crippen molar-refractivity contribution in [3.8, 4) is 0 Å². The first-order valence-electron chi connectivity index (χ1n) is 6.29. The van der Waals surface area contributed by atoms with E-state index in [-0.39, 0.29) is 6.42 Å². The van der Waals surface area contributed by atoms with Crippen LogP contribution in [0.4, 0.5) is 0 Å². The largest absolute Gasteiger partial charge is 0.480 e. The van der Waals surface area contributed by atoms with Gasteiger partial charge in [0.25, 0.3) is 0 Å². The Morgan fingerprint density at radius 3 is 2.20 bits per heavy atom. The van der Waals surface area contributed by atoms with Gasteiger partial charge < -0.3 is 21.1 Å². The van der Waals surface area contributed by atoms with E-state index < -0.39 is 25.0 Å². The number of carboxylic acids is 1. The molecule has 0 bridgehead atoms. The fourth-order valence-electron chi connectivity index (χ4n) is 2.17. The van der Waals surface area contributed by atoms with Gasteiger partial charge in [-0.05, 0) is 55.9 Å². The van der Waals surface area contributed by atoms with Gasteiger partial charge in [-0.25, -0.2) is 0 Å². The summed E-state index contributed by atoms with van der Waals surface area (Å²) in [7, 11) is -0.915. The summed E-state index contributed by atoms with van der Waals surface area (Å²) in [6.07, 6.45) is 0.219. The molecule has 0 saturated carbocycles. The van der Waals surface area contributed by atoms with Gasteiger partial charge >= 0.3 is 13.0 Å². The van der Waals surface area contributed by atoms with Crippen LogP contribution in [0, 0.1) is 13.8 Å². The standard InChI is InChI=1S/C13H19BN2O4/c1-7-4-9(12(15)17)5-8(2)10(7)6-11(13(18)19)16-14(3)20/h4-5,11,16,20H,6H2,1-3H3,(H2,15,17)(H,18,19)/t11-/m0/s1. The Hall–Kier alpha value is -1.86. The monoisotopic (exact) mass is 278 g/mol. The van der Waals surface area contributed by atoms with Gasteiger partial charge in [-0.2, -0.15) is 0 Å². The summed E-state index contributed by atoms with van der Waals surface area (Å²) < 4.78 is 0. The van der Waals surface area contributed by atoms with E-state index in [0.717, 1.165) is 16.7 Å². The molecule has 20 heavy (non-hydrogen) atoms. The molecule has 108 valence electrons. The lowest BCUT2D eigenvalue weighted by Gasteiger charge is -2.18. The van der Waals surface area contributed by atoms with Crippen molar-refractivity contribution in [1.82, 2.24) is 5.23 Å². The van der Waals surface area contributed by atoms with Crippen LogP contribution < -0.4 is 11.0 Å². The van der Waals surface area contributed by atoms with Crippen molar-refractivity contribution in [2.24, 2.45) is 5.73 Å². The molecule has 0 unspecified atom stereocenters. The molecule has 0 aromatic heterocycles. The summed E-state index contributed by atoms with van der Waals surface area (Å²) in [5.41, 5.74) is 8.08. The van der Waals surface area contributed by atoms with Crippen LogP contribution >= 0.6 is 0 Å². The molecule has 6 nitrogen and oxygen atoms in total. The maximum atomic E-state index is 11.2. The van der Waals surface area contributed by atoms with E-state index in [9.17, 15) is 14.6 Å². The zero-order valence-electron chi connectivity index (χ0n) is 11.8. The number of aliphatic carboxylic acids is 1. The van der Waals surface area contributed by atoms with Gasteiger partial charge in [0.15, 0.2) is 0 Å². The third-order valence-electron chi connectivity index (χ3n) is 3.13. The topological polar surface area (TPSA) is 113 Å². The fraction of sp³-hybridized carbons (Fsp3) is 0.385. The van der Waals surface area contributed by atoms with Gasteiger partial charge in [-0.3, -0.25) is 9.59 Å². The molecule has 1 amide bonds. The Balaban J connectivity index is 3.07. The number of rotatable bonds is 6. The number of carbonyl (C=O) groups is 2. The Labute approximate surface area is 118 Å². The summed E-state index contributed by atoms with van der Waals surface area (Å²) in [5, 5.41) is 21.0. The molecule has 1 rings (SSSR count). The van der Waals surface area contributed by atoms with E-state index in [1.807, 2.05) is 0 Å². The number of carbonyl (C=O) groups excluding carboxylic acids is 1. The molecule has 1 aromatic carbocycles. The summed E-state index contributed by atoms with van der Waals surface area (Å²) in [6.45, 7) is 5.07. The van der Waals surface area contributed by atoms with Crippen LogP contribution in [-0.2, 0) is 11.2 Å². The van der Waals surface area contributed by atoms with Gasteiger partial charge in [0, 0.05) is 5.56 Å². The SMILES string of the molecule is CB(O)N[C@@H](Cc1c(C)cc(C(N)=O)cc1C)C(=O)O. The highest BCUT2D eigenvalue weighted by molar-refractivity contribution is 6.46. The van der Waals surface area contributed by atoms with Crippen molar-refractivity contribution in [3.05, 3.63) is 34.4 Å². The summed E-state index contributed by atoms with van der Waals surface area (Å²) in [5.74, 6) is -1.55. The molecule has 1 aromatic rings. The fourth-order valence-corrected chi connectivity index (χ4v) is 2.17. The summed E-state index contributed by atoms with van der Waals surface area (Å²) in [4.78, 5) is 22.4. The molecule has 0 spiro atoms. The Morgan fingerprint density at radius 1 is 1.35 bits per heavy atom. The first-order valence-corrected chi connectivity index (χ1v) is 6.29.